The lowest BCUT2D eigenvalue weighted by atomic mass is 10.8. The van der Waals surface area contributed by atoms with Crippen LogP contribution in [0.5, 0.6) is 0 Å². The van der Waals surface area contributed by atoms with Crippen molar-refractivity contribution in [2.45, 2.75) is 6.92 Å². The van der Waals surface area contributed by atoms with Gasteiger partial charge in [-0.05, 0) is 6.92 Å². The van der Waals surface area contributed by atoms with Gasteiger partial charge in [-0.3, -0.25) is 4.52 Å². The minimum atomic E-state index is -1.73. The van der Waals surface area contributed by atoms with Gasteiger partial charge in [-0.15, -0.1) is 6.42 Å². The molecule has 4 heteroatoms. The number of terminal acetylenes is 1. The zero-order chi connectivity index (χ0) is 7.11. The first-order chi connectivity index (χ1) is 4.31. The molecule has 9 heavy (non-hydrogen) atoms. The smallest absolute Gasteiger partial charge is 0.328 e. The van der Waals surface area contributed by atoms with Gasteiger partial charge in [-0.25, -0.2) is 0 Å². The van der Waals surface area contributed by atoms with Crippen molar-refractivity contribution in [2.24, 2.45) is 0 Å². The van der Waals surface area contributed by atoms with E-state index < -0.39 is 8.60 Å². The Morgan fingerprint density at radius 2 is 2.33 bits per heavy atom. The van der Waals surface area contributed by atoms with Crippen molar-refractivity contribution in [1.82, 2.24) is 0 Å². The first-order valence-electron chi connectivity index (χ1n) is 2.49. The van der Waals surface area contributed by atoms with Crippen LogP contribution in [0.3, 0.4) is 0 Å². The molecule has 0 spiro atoms. The van der Waals surface area contributed by atoms with Gasteiger partial charge in [0.2, 0.25) is 0 Å². The molecule has 0 aromatic carbocycles. The second-order valence-electron chi connectivity index (χ2n) is 1.13. The minimum Gasteiger partial charge on any atom is -0.328 e. The zero-order valence-corrected chi connectivity index (χ0v) is 6.10. The molecule has 1 N–H and O–H groups in total. The Hall–Kier alpha value is -0.130. The maximum Gasteiger partial charge on any atom is 0.330 e. The molecular formula is C5H9O3P. The molecule has 0 radical (unpaired) electrons. The van der Waals surface area contributed by atoms with Gasteiger partial charge in [0.15, 0.2) is 0 Å². The van der Waals surface area contributed by atoms with Crippen LogP contribution in [0.15, 0.2) is 0 Å². The molecule has 0 aliphatic carbocycles. The van der Waals surface area contributed by atoms with Gasteiger partial charge in [-0.1, -0.05) is 5.92 Å². The van der Waals surface area contributed by atoms with Crippen LogP contribution in [0.4, 0.5) is 0 Å². The fraction of sp³-hybridized carbons (Fsp3) is 0.600. The molecule has 3 nitrogen and oxygen atoms in total. The Morgan fingerprint density at radius 3 is 2.78 bits per heavy atom. The molecule has 0 bridgehead atoms. The number of rotatable bonds is 4. The molecular weight excluding hydrogens is 139 g/mol. The highest BCUT2D eigenvalue weighted by atomic mass is 31.2. The maximum absolute atomic E-state index is 8.71. The minimum absolute atomic E-state index is 0.0994. The Labute approximate surface area is 56.0 Å². The van der Waals surface area contributed by atoms with Gasteiger partial charge in [0.25, 0.3) is 0 Å². The molecule has 0 aliphatic heterocycles. The predicted molar refractivity (Wildman–Crippen MR) is 35.5 cm³/mol. The van der Waals surface area contributed by atoms with Gasteiger partial charge in [0.1, 0.15) is 6.61 Å². The third-order valence-electron chi connectivity index (χ3n) is 0.498. The van der Waals surface area contributed by atoms with Crippen molar-refractivity contribution in [3.8, 4) is 12.3 Å². The monoisotopic (exact) mass is 148 g/mol. The summed E-state index contributed by atoms with van der Waals surface area (Å²) in [5.74, 6) is 2.21. The van der Waals surface area contributed by atoms with E-state index >= 15 is 0 Å². The van der Waals surface area contributed by atoms with E-state index in [0.29, 0.717) is 6.61 Å². The van der Waals surface area contributed by atoms with Gasteiger partial charge >= 0.3 is 8.60 Å². The summed E-state index contributed by atoms with van der Waals surface area (Å²) in [4.78, 5) is 8.71. The first kappa shape index (κ1) is 8.87. The molecule has 0 saturated heterocycles. The van der Waals surface area contributed by atoms with E-state index in [1.165, 1.54) is 0 Å². The topological polar surface area (TPSA) is 38.7 Å². The van der Waals surface area contributed by atoms with Crippen molar-refractivity contribution < 1.29 is 13.9 Å². The summed E-state index contributed by atoms with van der Waals surface area (Å²) in [5, 5.41) is 0. The SMILES string of the molecule is C#CCOP(O)OCC. The van der Waals surface area contributed by atoms with Crippen LogP contribution in [-0.2, 0) is 9.05 Å². The average Bonchev–Trinajstić information content (AvgIpc) is 1.85. The van der Waals surface area contributed by atoms with Crippen molar-refractivity contribution in [3.05, 3.63) is 0 Å². The molecule has 1 unspecified atom stereocenters. The molecule has 0 amide bonds. The number of hydrogen-bond donors (Lipinski definition) is 1. The van der Waals surface area contributed by atoms with E-state index in [9.17, 15) is 0 Å². The predicted octanol–water partition coefficient (Wildman–Crippen LogP) is 0.892. The lowest BCUT2D eigenvalue weighted by molar-refractivity contribution is 0.226. The van der Waals surface area contributed by atoms with Crippen LogP contribution in [0, 0.1) is 12.3 Å². The first-order valence-corrected chi connectivity index (χ1v) is 3.62. The molecule has 0 aromatic heterocycles. The summed E-state index contributed by atoms with van der Waals surface area (Å²) in [6, 6.07) is 0. The number of hydrogen-bond acceptors (Lipinski definition) is 3. The second kappa shape index (κ2) is 6.00. The standard InChI is InChI=1S/C5H9O3P/c1-3-5-8-9(6)7-4-2/h1,6H,4-5H2,2H3. The van der Waals surface area contributed by atoms with Crippen molar-refractivity contribution in [2.75, 3.05) is 13.2 Å². The summed E-state index contributed by atoms with van der Waals surface area (Å²) >= 11 is 0. The van der Waals surface area contributed by atoms with E-state index in [4.69, 9.17) is 11.3 Å². The lowest BCUT2D eigenvalue weighted by Crippen LogP contribution is -1.89. The second-order valence-corrected chi connectivity index (χ2v) is 2.13. The van der Waals surface area contributed by atoms with E-state index in [2.05, 4.69) is 15.0 Å². The molecule has 0 rings (SSSR count). The van der Waals surface area contributed by atoms with Gasteiger partial charge in [0.05, 0.1) is 6.61 Å². The van der Waals surface area contributed by atoms with Gasteiger partial charge < -0.3 is 9.42 Å². The molecule has 1 atom stereocenters. The Balaban J connectivity index is 3.07. The average molecular weight is 148 g/mol. The molecule has 0 aromatic rings. The largest absolute Gasteiger partial charge is 0.330 e. The van der Waals surface area contributed by atoms with Crippen LogP contribution in [0.2, 0.25) is 0 Å². The summed E-state index contributed by atoms with van der Waals surface area (Å²) in [6.45, 7) is 2.31. The Morgan fingerprint density at radius 1 is 1.67 bits per heavy atom. The van der Waals surface area contributed by atoms with Crippen LogP contribution >= 0.6 is 8.60 Å². The van der Waals surface area contributed by atoms with Crippen LogP contribution < -0.4 is 0 Å². The summed E-state index contributed by atoms with van der Waals surface area (Å²) < 4.78 is 9.24. The molecule has 52 valence electrons. The molecule has 0 saturated carbocycles. The highest BCUT2D eigenvalue weighted by Crippen LogP contribution is 2.31. The lowest BCUT2D eigenvalue weighted by Gasteiger charge is -2.04. The molecule has 0 fully saturated rings. The highest BCUT2D eigenvalue weighted by molar-refractivity contribution is 7.40. The fourth-order valence-electron chi connectivity index (χ4n) is 0.240. The van der Waals surface area contributed by atoms with Crippen LogP contribution in [0.1, 0.15) is 6.92 Å². The van der Waals surface area contributed by atoms with Crippen LogP contribution in [-0.4, -0.2) is 18.1 Å². The van der Waals surface area contributed by atoms with Crippen molar-refractivity contribution >= 4 is 8.60 Å². The Kier molecular flexibility index (Phi) is 5.91. The third kappa shape index (κ3) is 5.75. The van der Waals surface area contributed by atoms with Crippen molar-refractivity contribution in [1.29, 1.82) is 0 Å². The normalized spacial score (nSPS) is 12.6. The van der Waals surface area contributed by atoms with E-state index in [-0.39, 0.29) is 6.61 Å². The third-order valence-corrected chi connectivity index (χ3v) is 1.33. The molecule has 0 heterocycles. The van der Waals surface area contributed by atoms with Crippen molar-refractivity contribution in [3.63, 3.8) is 0 Å². The van der Waals surface area contributed by atoms with Gasteiger partial charge in [-0.2, -0.15) is 0 Å². The van der Waals surface area contributed by atoms with E-state index in [1.807, 2.05) is 0 Å². The summed E-state index contributed by atoms with van der Waals surface area (Å²) in [5.41, 5.74) is 0. The fourth-order valence-corrected chi connectivity index (χ4v) is 0.721. The van der Waals surface area contributed by atoms with Crippen LogP contribution in [0.25, 0.3) is 0 Å². The highest BCUT2D eigenvalue weighted by Gasteiger charge is 2.01. The molecule has 0 aliphatic rings. The van der Waals surface area contributed by atoms with E-state index in [0.717, 1.165) is 0 Å². The summed E-state index contributed by atoms with van der Waals surface area (Å²) in [6.07, 6.45) is 4.84. The quantitative estimate of drug-likeness (QED) is 0.475. The zero-order valence-electron chi connectivity index (χ0n) is 5.20. The maximum atomic E-state index is 8.71. The Bertz CT molecular complexity index is 98.9. The van der Waals surface area contributed by atoms with Gasteiger partial charge in [0, 0.05) is 0 Å². The van der Waals surface area contributed by atoms with E-state index in [1.54, 1.807) is 6.92 Å². The summed E-state index contributed by atoms with van der Waals surface area (Å²) in [7, 11) is -1.73.